The normalized spacial score (nSPS) is 10.7. The Bertz CT molecular complexity index is 809. The van der Waals surface area contributed by atoms with Crippen molar-refractivity contribution in [2.75, 3.05) is 5.73 Å². The summed E-state index contributed by atoms with van der Waals surface area (Å²) in [4.78, 5) is 22.3. The average molecular weight is 442 g/mol. The number of rotatable bonds is 4. The zero-order valence-corrected chi connectivity index (χ0v) is 14.7. The molecule has 9 heteroatoms. The Morgan fingerprint density at radius 1 is 1.30 bits per heavy atom. The minimum atomic E-state index is -0.504. The number of nitrogens with one attached hydrogen (secondary N) is 1. The maximum Gasteiger partial charge on any atom is 0.273 e. The SMILES string of the molecule is Nc1c(Br)cc(Br)cc1C(=O)N/N=C/c1cccc([N+](=O)[O-])c1. The summed E-state index contributed by atoms with van der Waals surface area (Å²) in [5.41, 5.74) is 9.14. The first kappa shape index (κ1) is 17.1. The van der Waals surface area contributed by atoms with Crippen molar-refractivity contribution >= 4 is 55.4 Å². The van der Waals surface area contributed by atoms with E-state index in [0.29, 0.717) is 14.5 Å². The summed E-state index contributed by atoms with van der Waals surface area (Å²) < 4.78 is 1.27. The standard InChI is InChI=1S/C14H10Br2N4O3/c15-9-5-11(13(17)12(16)6-9)14(21)19-18-7-8-2-1-3-10(4-8)20(22)23/h1-7H,17H2,(H,19,21)/b18-7+. The van der Waals surface area contributed by atoms with E-state index in [2.05, 4.69) is 42.4 Å². The van der Waals surface area contributed by atoms with Crippen molar-refractivity contribution in [1.82, 2.24) is 5.43 Å². The number of nitro groups is 1. The number of carbonyl (C=O) groups is 1. The molecule has 0 unspecified atom stereocenters. The van der Waals surface area contributed by atoms with Gasteiger partial charge in [-0.05, 0) is 28.1 Å². The van der Waals surface area contributed by atoms with Crippen LogP contribution in [0.25, 0.3) is 0 Å². The summed E-state index contributed by atoms with van der Waals surface area (Å²) in [6, 6.07) is 9.17. The Hall–Kier alpha value is -2.26. The first-order chi connectivity index (χ1) is 10.9. The molecule has 2 rings (SSSR count). The van der Waals surface area contributed by atoms with Crippen LogP contribution in [0.2, 0.25) is 0 Å². The number of amides is 1. The number of nitrogens with two attached hydrogens (primary N) is 1. The molecular weight excluding hydrogens is 432 g/mol. The fourth-order valence-corrected chi connectivity index (χ4v) is 2.94. The summed E-state index contributed by atoms with van der Waals surface area (Å²) in [5, 5.41) is 14.5. The monoisotopic (exact) mass is 440 g/mol. The first-order valence-corrected chi connectivity index (χ1v) is 7.79. The Kier molecular flexibility index (Phi) is 5.45. The third kappa shape index (κ3) is 4.36. The highest BCUT2D eigenvalue weighted by molar-refractivity contribution is 9.11. The average Bonchev–Trinajstić information content (AvgIpc) is 2.51. The van der Waals surface area contributed by atoms with E-state index in [4.69, 9.17) is 5.73 Å². The molecule has 7 nitrogen and oxygen atoms in total. The van der Waals surface area contributed by atoms with Crippen LogP contribution in [0.1, 0.15) is 15.9 Å². The number of nitrogen functional groups attached to an aromatic ring is 1. The number of hydrogen-bond acceptors (Lipinski definition) is 5. The van der Waals surface area contributed by atoms with Gasteiger partial charge in [-0.2, -0.15) is 5.10 Å². The molecular formula is C14H10Br2N4O3. The van der Waals surface area contributed by atoms with Crippen molar-refractivity contribution in [3.8, 4) is 0 Å². The Labute approximate surface area is 148 Å². The molecule has 0 saturated carbocycles. The first-order valence-electron chi connectivity index (χ1n) is 6.21. The number of benzene rings is 2. The molecule has 118 valence electrons. The lowest BCUT2D eigenvalue weighted by atomic mass is 10.2. The quantitative estimate of drug-likeness (QED) is 0.327. The van der Waals surface area contributed by atoms with E-state index in [9.17, 15) is 14.9 Å². The highest BCUT2D eigenvalue weighted by Gasteiger charge is 2.12. The Morgan fingerprint density at radius 3 is 2.74 bits per heavy atom. The molecule has 0 fully saturated rings. The van der Waals surface area contributed by atoms with Crippen molar-refractivity contribution in [3.63, 3.8) is 0 Å². The molecule has 0 aromatic heterocycles. The van der Waals surface area contributed by atoms with E-state index in [1.807, 2.05) is 0 Å². The van der Waals surface area contributed by atoms with Crippen LogP contribution in [0.3, 0.4) is 0 Å². The van der Waals surface area contributed by atoms with Gasteiger partial charge in [-0.15, -0.1) is 0 Å². The van der Waals surface area contributed by atoms with Gasteiger partial charge in [-0.3, -0.25) is 14.9 Å². The summed E-state index contributed by atoms with van der Waals surface area (Å²) >= 11 is 6.53. The lowest BCUT2D eigenvalue weighted by molar-refractivity contribution is -0.384. The Balaban J connectivity index is 2.13. The second-order valence-electron chi connectivity index (χ2n) is 4.40. The highest BCUT2D eigenvalue weighted by Crippen LogP contribution is 2.28. The van der Waals surface area contributed by atoms with Gasteiger partial charge in [0.05, 0.1) is 22.4 Å². The molecule has 0 aliphatic carbocycles. The predicted molar refractivity (Wildman–Crippen MR) is 94.4 cm³/mol. The van der Waals surface area contributed by atoms with Crippen molar-refractivity contribution in [1.29, 1.82) is 0 Å². The van der Waals surface area contributed by atoms with Gasteiger partial charge >= 0.3 is 0 Å². The van der Waals surface area contributed by atoms with Gasteiger partial charge in [-0.1, -0.05) is 28.1 Å². The van der Waals surface area contributed by atoms with Crippen molar-refractivity contribution in [3.05, 3.63) is 66.6 Å². The van der Waals surface area contributed by atoms with Crippen LogP contribution in [-0.4, -0.2) is 17.0 Å². The lowest BCUT2D eigenvalue weighted by Gasteiger charge is -2.07. The number of anilines is 1. The molecule has 0 aliphatic rings. The van der Waals surface area contributed by atoms with Crippen molar-refractivity contribution < 1.29 is 9.72 Å². The molecule has 0 atom stereocenters. The minimum Gasteiger partial charge on any atom is -0.397 e. The van der Waals surface area contributed by atoms with E-state index >= 15 is 0 Å². The second kappa shape index (κ2) is 7.34. The zero-order chi connectivity index (χ0) is 17.0. The molecule has 0 radical (unpaired) electrons. The lowest BCUT2D eigenvalue weighted by Crippen LogP contribution is -2.19. The zero-order valence-electron chi connectivity index (χ0n) is 11.5. The van der Waals surface area contributed by atoms with Crippen LogP contribution >= 0.6 is 31.9 Å². The van der Waals surface area contributed by atoms with Crippen LogP contribution < -0.4 is 11.2 Å². The van der Waals surface area contributed by atoms with Crippen LogP contribution in [0.5, 0.6) is 0 Å². The molecule has 0 spiro atoms. The maximum absolute atomic E-state index is 12.1. The molecule has 2 aromatic rings. The Morgan fingerprint density at radius 2 is 2.04 bits per heavy atom. The van der Waals surface area contributed by atoms with Crippen LogP contribution in [0.4, 0.5) is 11.4 Å². The van der Waals surface area contributed by atoms with Gasteiger partial charge in [0, 0.05) is 26.6 Å². The largest absolute Gasteiger partial charge is 0.397 e. The topological polar surface area (TPSA) is 111 Å². The number of non-ortho nitro benzene ring substituents is 1. The summed E-state index contributed by atoms with van der Waals surface area (Å²) in [7, 11) is 0. The molecule has 0 bridgehead atoms. The molecule has 0 saturated heterocycles. The summed E-state index contributed by atoms with van der Waals surface area (Å²) in [6.07, 6.45) is 1.31. The van der Waals surface area contributed by atoms with Gasteiger partial charge < -0.3 is 5.73 Å². The predicted octanol–water partition coefficient (Wildman–Crippen LogP) is 3.47. The molecule has 2 aromatic carbocycles. The smallest absolute Gasteiger partial charge is 0.273 e. The van der Waals surface area contributed by atoms with E-state index in [-0.39, 0.29) is 16.9 Å². The highest BCUT2D eigenvalue weighted by atomic mass is 79.9. The third-order valence-corrected chi connectivity index (χ3v) is 3.91. The molecule has 0 heterocycles. The van der Waals surface area contributed by atoms with Gasteiger partial charge in [0.1, 0.15) is 0 Å². The fraction of sp³-hybridized carbons (Fsp3) is 0. The van der Waals surface area contributed by atoms with Crippen LogP contribution in [-0.2, 0) is 0 Å². The van der Waals surface area contributed by atoms with E-state index in [1.165, 1.54) is 24.4 Å². The number of nitrogens with zero attached hydrogens (tertiary/aromatic N) is 2. The summed E-state index contributed by atoms with van der Waals surface area (Å²) in [5.74, 6) is -0.494. The van der Waals surface area contributed by atoms with Gasteiger partial charge in [0.2, 0.25) is 0 Å². The van der Waals surface area contributed by atoms with Crippen molar-refractivity contribution in [2.45, 2.75) is 0 Å². The molecule has 0 aliphatic heterocycles. The number of halogens is 2. The van der Waals surface area contributed by atoms with E-state index < -0.39 is 10.8 Å². The van der Waals surface area contributed by atoms with Gasteiger partial charge in [0.15, 0.2) is 0 Å². The number of hydrogen-bond donors (Lipinski definition) is 2. The number of nitro benzene ring substituents is 1. The molecule has 1 amide bonds. The number of carbonyl (C=O) groups excluding carboxylic acids is 1. The third-order valence-electron chi connectivity index (χ3n) is 2.80. The van der Waals surface area contributed by atoms with Crippen LogP contribution in [0, 0.1) is 10.1 Å². The van der Waals surface area contributed by atoms with Crippen LogP contribution in [0.15, 0.2) is 50.4 Å². The van der Waals surface area contributed by atoms with E-state index in [1.54, 1.807) is 18.2 Å². The van der Waals surface area contributed by atoms with Crippen molar-refractivity contribution in [2.24, 2.45) is 5.10 Å². The fourth-order valence-electron chi connectivity index (χ4n) is 1.72. The maximum atomic E-state index is 12.1. The van der Waals surface area contributed by atoms with E-state index in [0.717, 1.165) is 0 Å². The van der Waals surface area contributed by atoms with Gasteiger partial charge in [-0.25, -0.2) is 5.43 Å². The van der Waals surface area contributed by atoms with Gasteiger partial charge in [0.25, 0.3) is 11.6 Å². The molecule has 23 heavy (non-hydrogen) atoms. The summed E-state index contributed by atoms with van der Waals surface area (Å²) in [6.45, 7) is 0. The number of hydrazone groups is 1. The molecule has 3 N–H and O–H groups in total. The minimum absolute atomic E-state index is 0.0551. The second-order valence-corrected chi connectivity index (χ2v) is 6.17.